The third kappa shape index (κ3) is 8.23. The van der Waals surface area contributed by atoms with Crippen LogP contribution < -0.4 is 4.57 Å². The zero-order chi connectivity index (χ0) is 16.4. The number of H-pyrrole nitrogens is 1. The highest BCUT2D eigenvalue weighted by Crippen LogP contribution is 2.06. The zero-order valence-corrected chi connectivity index (χ0v) is 12.2. The molecular weight excluding hydrogens is 297 g/mol. The molecular formula is C14H18BF4N3. The molecule has 0 spiro atoms. The van der Waals surface area contributed by atoms with Gasteiger partial charge in [-0.05, 0) is 12.1 Å². The van der Waals surface area contributed by atoms with E-state index in [1.807, 2.05) is 12.3 Å². The minimum absolute atomic E-state index is 0.885. The third-order valence-electron chi connectivity index (χ3n) is 2.66. The van der Waals surface area contributed by atoms with Crippen LogP contribution in [0.4, 0.5) is 17.3 Å². The monoisotopic (exact) mass is 315 g/mol. The van der Waals surface area contributed by atoms with Crippen molar-refractivity contribution in [1.82, 2.24) is 9.97 Å². The van der Waals surface area contributed by atoms with Gasteiger partial charge in [0.2, 0.25) is 5.69 Å². The van der Waals surface area contributed by atoms with Crippen molar-refractivity contribution in [3.05, 3.63) is 48.3 Å². The van der Waals surface area contributed by atoms with Gasteiger partial charge in [-0.15, -0.1) is 0 Å². The van der Waals surface area contributed by atoms with Crippen LogP contribution in [0.5, 0.6) is 0 Å². The van der Waals surface area contributed by atoms with Gasteiger partial charge in [0.15, 0.2) is 6.20 Å². The minimum Gasteiger partial charge on any atom is -0.418 e. The summed E-state index contributed by atoms with van der Waals surface area (Å²) in [5, 5.41) is 0. The van der Waals surface area contributed by atoms with E-state index in [2.05, 4.69) is 51.9 Å². The second-order valence-corrected chi connectivity index (χ2v) is 4.48. The van der Waals surface area contributed by atoms with E-state index in [0.717, 1.165) is 12.4 Å². The highest BCUT2D eigenvalue weighted by Gasteiger charge is 2.20. The Bertz CT molecular complexity index is 562. The number of pyridine rings is 1. The SMILES string of the molecule is CCCC[n+]1ccccc1/C=C/c1ncc[nH]1.F[B-](F)(F)F. The van der Waals surface area contributed by atoms with Gasteiger partial charge in [0.05, 0.1) is 0 Å². The molecule has 2 aromatic heterocycles. The molecule has 0 aliphatic rings. The molecule has 1 N–H and O–H groups in total. The summed E-state index contributed by atoms with van der Waals surface area (Å²) in [6, 6.07) is 6.25. The van der Waals surface area contributed by atoms with Gasteiger partial charge in [0.1, 0.15) is 12.4 Å². The number of nitrogens with zero attached hydrogens (tertiary/aromatic N) is 2. The van der Waals surface area contributed by atoms with Gasteiger partial charge in [0, 0.05) is 37.0 Å². The van der Waals surface area contributed by atoms with Gasteiger partial charge < -0.3 is 22.2 Å². The average Bonchev–Trinajstić information content (AvgIpc) is 2.95. The Morgan fingerprint density at radius 3 is 2.55 bits per heavy atom. The standard InChI is InChI=1S/C14H17N3.BF4/c1-2-3-11-17-12-5-4-6-13(17)7-8-14-15-9-10-16-14;2-1(3,4)5/h4-10,12H,2-3,11H2,1H3;/q;-1/p+1. The van der Waals surface area contributed by atoms with E-state index < -0.39 is 7.25 Å². The van der Waals surface area contributed by atoms with Gasteiger partial charge in [-0.2, -0.15) is 4.57 Å². The lowest BCUT2D eigenvalue weighted by Crippen LogP contribution is -2.36. The molecule has 0 fully saturated rings. The lowest BCUT2D eigenvalue weighted by Gasteiger charge is -1.98. The molecule has 0 bridgehead atoms. The summed E-state index contributed by atoms with van der Waals surface area (Å²) < 4.78 is 41.3. The number of unbranched alkanes of at least 4 members (excludes halogenated alkanes) is 1. The predicted octanol–water partition coefficient (Wildman–Crippen LogP) is 3.97. The third-order valence-corrected chi connectivity index (χ3v) is 2.66. The maximum absolute atomic E-state index is 9.75. The summed E-state index contributed by atoms with van der Waals surface area (Å²) in [5.74, 6) is 0.885. The number of hydrogen-bond acceptors (Lipinski definition) is 1. The quantitative estimate of drug-likeness (QED) is 0.505. The molecule has 0 unspecified atom stereocenters. The molecule has 0 radical (unpaired) electrons. The highest BCUT2D eigenvalue weighted by atomic mass is 19.5. The van der Waals surface area contributed by atoms with E-state index >= 15 is 0 Å². The molecule has 0 amide bonds. The fourth-order valence-electron chi connectivity index (χ4n) is 1.71. The Morgan fingerprint density at radius 2 is 1.95 bits per heavy atom. The molecule has 0 atom stereocenters. The Labute approximate surface area is 126 Å². The van der Waals surface area contributed by atoms with Crippen LogP contribution in [0.25, 0.3) is 12.2 Å². The van der Waals surface area contributed by atoms with Gasteiger partial charge >= 0.3 is 7.25 Å². The largest absolute Gasteiger partial charge is 0.673 e. The van der Waals surface area contributed by atoms with E-state index in [-0.39, 0.29) is 0 Å². The lowest BCUT2D eigenvalue weighted by atomic mass is 10.2. The average molecular weight is 315 g/mol. The van der Waals surface area contributed by atoms with Gasteiger partial charge in [-0.25, -0.2) is 4.98 Å². The van der Waals surface area contributed by atoms with Crippen molar-refractivity contribution in [2.75, 3.05) is 0 Å². The molecule has 2 rings (SSSR count). The van der Waals surface area contributed by atoms with Crippen molar-refractivity contribution in [2.45, 2.75) is 26.3 Å². The van der Waals surface area contributed by atoms with Crippen LogP contribution in [0.1, 0.15) is 31.3 Å². The summed E-state index contributed by atoms with van der Waals surface area (Å²) in [6.07, 6.45) is 12.2. The van der Waals surface area contributed by atoms with Crippen LogP contribution in [-0.2, 0) is 6.54 Å². The second-order valence-electron chi connectivity index (χ2n) is 4.48. The normalized spacial score (nSPS) is 11.3. The van der Waals surface area contributed by atoms with Crippen molar-refractivity contribution in [2.24, 2.45) is 0 Å². The van der Waals surface area contributed by atoms with Crippen molar-refractivity contribution in [3.63, 3.8) is 0 Å². The van der Waals surface area contributed by atoms with Crippen LogP contribution in [0.3, 0.4) is 0 Å². The number of aromatic amines is 1. The van der Waals surface area contributed by atoms with E-state index in [0.29, 0.717) is 0 Å². The molecule has 2 heterocycles. The van der Waals surface area contributed by atoms with E-state index in [1.54, 1.807) is 6.20 Å². The van der Waals surface area contributed by atoms with E-state index in [9.17, 15) is 17.3 Å². The van der Waals surface area contributed by atoms with Gasteiger partial charge in [0.25, 0.3) is 0 Å². The minimum atomic E-state index is -6.00. The van der Waals surface area contributed by atoms with Crippen LogP contribution >= 0.6 is 0 Å². The predicted molar refractivity (Wildman–Crippen MR) is 79.2 cm³/mol. The van der Waals surface area contributed by atoms with Gasteiger partial charge in [-0.1, -0.05) is 13.3 Å². The molecule has 3 nitrogen and oxygen atoms in total. The fraction of sp³-hybridized carbons (Fsp3) is 0.286. The van der Waals surface area contributed by atoms with Crippen molar-refractivity contribution >= 4 is 19.4 Å². The van der Waals surface area contributed by atoms with E-state index in [4.69, 9.17) is 0 Å². The second kappa shape index (κ2) is 9.02. The smallest absolute Gasteiger partial charge is 0.418 e. The highest BCUT2D eigenvalue weighted by molar-refractivity contribution is 6.50. The number of aryl methyl sites for hydroxylation is 1. The Hall–Kier alpha value is -2.12. The van der Waals surface area contributed by atoms with Crippen molar-refractivity contribution in [1.29, 1.82) is 0 Å². The molecule has 0 aromatic carbocycles. The fourth-order valence-corrected chi connectivity index (χ4v) is 1.71. The first-order valence-corrected chi connectivity index (χ1v) is 6.93. The molecule has 0 aliphatic carbocycles. The molecule has 0 aliphatic heterocycles. The Kier molecular flexibility index (Phi) is 7.35. The number of aromatic nitrogens is 3. The maximum atomic E-state index is 9.75. The van der Waals surface area contributed by atoms with Crippen LogP contribution in [0, 0.1) is 0 Å². The number of hydrogen-bond donors (Lipinski definition) is 1. The summed E-state index contributed by atoms with van der Waals surface area (Å²) in [4.78, 5) is 7.23. The first-order chi connectivity index (χ1) is 10.4. The van der Waals surface area contributed by atoms with Crippen LogP contribution in [0.15, 0.2) is 36.8 Å². The summed E-state index contributed by atoms with van der Waals surface area (Å²) in [6.45, 7) is 3.27. The first kappa shape index (κ1) is 17.9. The van der Waals surface area contributed by atoms with Crippen LogP contribution in [-0.4, -0.2) is 17.2 Å². The Balaban J connectivity index is 0.000000422. The number of halogens is 4. The van der Waals surface area contributed by atoms with E-state index in [1.165, 1.54) is 18.5 Å². The number of rotatable bonds is 5. The molecule has 120 valence electrons. The lowest BCUT2D eigenvalue weighted by molar-refractivity contribution is -0.699. The number of nitrogens with one attached hydrogen (secondary N) is 1. The maximum Gasteiger partial charge on any atom is 0.673 e. The van der Waals surface area contributed by atoms with Crippen molar-refractivity contribution < 1.29 is 21.8 Å². The molecule has 0 saturated carbocycles. The first-order valence-electron chi connectivity index (χ1n) is 6.93. The molecule has 22 heavy (non-hydrogen) atoms. The van der Waals surface area contributed by atoms with Crippen LogP contribution in [0.2, 0.25) is 0 Å². The summed E-state index contributed by atoms with van der Waals surface area (Å²) >= 11 is 0. The molecule has 8 heteroatoms. The Morgan fingerprint density at radius 1 is 1.23 bits per heavy atom. The summed E-state index contributed by atoms with van der Waals surface area (Å²) in [7, 11) is -6.00. The van der Waals surface area contributed by atoms with Crippen molar-refractivity contribution in [3.8, 4) is 0 Å². The zero-order valence-electron chi connectivity index (χ0n) is 12.2. The topological polar surface area (TPSA) is 32.6 Å². The summed E-state index contributed by atoms with van der Waals surface area (Å²) in [5.41, 5.74) is 1.21. The molecule has 2 aromatic rings. The number of imidazole rings is 1. The van der Waals surface area contributed by atoms with Gasteiger partial charge in [-0.3, -0.25) is 0 Å². The molecule has 0 saturated heterocycles.